The number of thioether (sulfide) groups is 1. The summed E-state index contributed by atoms with van der Waals surface area (Å²) in [7, 11) is 3.20. The predicted octanol–water partition coefficient (Wildman–Crippen LogP) is 5.10. The van der Waals surface area contributed by atoms with Gasteiger partial charge in [0.05, 0.1) is 25.7 Å². The SMILES string of the molecule is CCN(C(=O)CSc1nnc(-c2ccccc2)n1-c1ccc(OC)c(OC)c1)c1ccccc1. The number of aromatic nitrogens is 3. The number of nitrogens with zero attached hydrogens (tertiary/aromatic N) is 4. The Balaban J connectivity index is 1.68. The number of carbonyl (C=O) groups is 1. The molecule has 4 aromatic rings. The Morgan fingerprint density at radius 2 is 1.59 bits per heavy atom. The Hall–Kier alpha value is -3.78. The molecule has 7 nitrogen and oxygen atoms in total. The van der Waals surface area contributed by atoms with Crippen LogP contribution in [0.25, 0.3) is 17.1 Å². The lowest BCUT2D eigenvalue weighted by atomic mass is 10.2. The van der Waals surface area contributed by atoms with Crippen LogP contribution >= 0.6 is 11.8 Å². The van der Waals surface area contributed by atoms with Crippen molar-refractivity contribution < 1.29 is 14.3 Å². The van der Waals surface area contributed by atoms with Crippen molar-refractivity contribution >= 4 is 23.4 Å². The fourth-order valence-electron chi connectivity index (χ4n) is 3.65. The zero-order valence-electron chi connectivity index (χ0n) is 19.3. The molecule has 0 fully saturated rings. The Labute approximate surface area is 203 Å². The van der Waals surface area contributed by atoms with Crippen LogP contribution in [0.5, 0.6) is 11.5 Å². The normalized spacial score (nSPS) is 10.7. The van der Waals surface area contributed by atoms with E-state index in [1.807, 2.05) is 90.4 Å². The molecule has 0 spiro atoms. The summed E-state index contributed by atoms with van der Waals surface area (Å²) >= 11 is 1.35. The zero-order chi connectivity index (χ0) is 23.9. The molecule has 0 saturated carbocycles. The first-order valence-corrected chi connectivity index (χ1v) is 11.9. The monoisotopic (exact) mass is 474 g/mol. The van der Waals surface area contributed by atoms with E-state index < -0.39 is 0 Å². The number of para-hydroxylation sites is 1. The lowest BCUT2D eigenvalue weighted by molar-refractivity contribution is -0.116. The van der Waals surface area contributed by atoms with Gasteiger partial charge in [0, 0.05) is 23.9 Å². The van der Waals surface area contributed by atoms with Crippen molar-refractivity contribution in [3.8, 4) is 28.6 Å². The van der Waals surface area contributed by atoms with E-state index in [0.29, 0.717) is 29.0 Å². The van der Waals surface area contributed by atoms with Crippen LogP contribution in [0.2, 0.25) is 0 Å². The molecule has 174 valence electrons. The third-order valence-electron chi connectivity index (χ3n) is 5.30. The maximum absolute atomic E-state index is 13.1. The van der Waals surface area contributed by atoms with Crippen LogP contribution in [0.1, 0.15) is 6.92 Å². The van der Waals surface area contributed by atoms with Crippen LogP contribution in [0.15, 0.2) is 84.0 Å². The average molecular weight is 475 g/mol. The molecule has 0 saturated heterocycles. The summed E-state index contributed by atoms with van der Waals surface area (Å²) in [4.78, 5) is 14.8. The molecule has 0 aliphatic heterocycles. The quantitative estimate of drug-likeness (QED) is 0.315. The van der Waals surface area contributed by atoms with Gasteiger partial charge in [-0.05, 0) is 31.2 Å². The summed E-state index contributed by atoms with van der Waals surface area (Å²) < 4.78 is 12.8. The molecule has 0 N–H and O–H groups in total. The predicted molar refractivity (Wildman–Crippen MR) is 135 cm³/mol. The molecule has 1 aromatic heterocycles. The molecule has 4 rings (SSSR count). The van der Waals surface area contributed by atoms with Crippen LogP contribution in [0, 0.1) is 0 Å². The molecule has 0 atom stereocenters. The van der Waals surface area contributed by atoms with Gasteiger partial charge >= 0.3 is 0 Å². The summed E-state index contributed by atoms with van der Waals surface area (Å²) in [6.07, 6.45) is 0. The van der Waals surface area contributed by atoms with Crippen molar-refractivity contribution in [2.45, 2.75) is 12.1 Å². The van der Waals surface area contributed by atoms with Crippen LogP contribution < -0.4 is 14.4 Å². The molecule has 8 heteroatoms. The number of amides is 1. The molecule has 0 unspecified atom stereocenters. The maximum Gasteiger partial charge on any atom is 0.237 e. The molecular weight excluding hydrogens is 448 g/mol. The van der Waals surface area contributed by atoms with Crippen molar-refractivity contribution in [1.29, 1.82) is 0 Å². The number of anilines is 1. The first-order valence-electron chi connectivity index (χ1n) is 10.9. The molecule has 3 aromatic carbocycles. The fraction of sp³-hybridized carbons (Fsp3) is 0.192. The van der Waals surface area contributed by atoms with E-state index in [0.717, 1.165) is 16.9 Å². The third-order valence-corrected chi connectivity index (χ3v) is 6.21. The lowest BCUT2D eigenvalue weighted by Crippen LogP contribution is -2.32. The zero-order valence-corrected chi connectivity index (χ0v) is 20.2. The largest absolute Gasteiger partial charge is 0.493 e. The number of ether oxygens (including phenoxy) is 2. The second kappa shape index (κ2) is 10.9. The number of hydrogen-bond donors (Lipinski definition) is 0. The van der Waals surface area contributed by atoms with Gasteiger partial charge in [0.15, 0.2) is 22.5 Å². The number of benzene rings is 3. The molecule has 0 aliphatic carbocycles. The lowest BCUT2D eigenvalue weighted by Gasteiger charge is -2.20. The van der Waals surface area contributed by atoms with E-state index in [9.17, 15) is 4.79 Å². The van der Waals surface area contributed by atoms with Crippen LogP contribution in [-0.2, 0) is 4.79 Å². The van der Waals surface area contributed by atoms with Gasteiger partial charge in [-0.3, -0.25) is 9.36 Å². The maximum atomic E-state index is 13.1. The van der Waals surface area contributed by atoms with Crippen molar-refractivity contribution in [1.82, 2.24) is 14.8 Å². The van der Waals surface area contributed by atoms with E-state index >= 15 is 0 Å². The molecule has 0 aliphatic rings. The van der Waals surface area contributed by atoms with Crippen molar-refractivity contribution in [3.05, 3.63) is 78.9 Å². The van der Waals surface area contributed by atoms with Crippen LogP contribution in [0.4, 0.5) is 5.69 Å². The molecule has 1 heterocycles. The average Bonchev–Trinajstić information content (AvgIpc) is 3.32. The van der Waals surface area contributed by atoms with E-state index in [1.54, 1.807) is 19.1 Å². The van der Waals surface area contributed by atoms with Gasteiger partial charge in [-0.1, -0.05) is 60.3 Å². The summed E-state index contributed by atoms with van der Waals surface area (Å²) in [5.41, 5.74) is 2.61. The van der Waals surface area contributed by atoms with E-state index in [-0.39, 0.29) is 11.7 Å². The van der Waals surface area contributed by atoms with Crippen LogP contribution in [-0.4, -0.2) is 47.2 Å². The fourth-order valence-corrected chi connectivity index (χ4v) is 4.48. The van der Waals surface area contributed by atoms with E-state index in [2.05, 4.69) is 10.2 Å². The van der Waals surface area contributed by atoms with Gasteiger partial charge in [-0.15, -0.1) is 10.2 Å². The van der Waals surface area contributed by atoms with Crippen molar-refractivity contribution in [2.75, 3.05) is 31.4 Å². The smallest absolute Gasteiger partial charge is 0.237 e. The minimum absolute atomic E-state index is 0.00169. The third kappa shape index (κ3) is 4.92. The highest BCUT2D eigenvalue weighted by atomic mass is 32.2. The highest BCUT2D eigenvalue weighted by molar-refractivity contribution is 7.99. The van der Waals surface area contributed by atoms with E-state index in [4.69, 9.17) is 9.47 Å². The summed E-state index contributed by atoms with van der Waals surface area (Å²) in [5.74, 6) is 2.13. The highest BCUT2D eigenvalue weighted by Crippen LogP contribution is 2.34. The van der Waals surface area contributed by atoms with Crippen molar-refractivity contribution in [2.24, 2.45) is 0 Å². The van der Waals surface area contributed by atoms with Gasteiger partial charge in [-0.25, -0.2) is 0 Å². The molecule has 1 amide bonds. The molecular formula is C26H26N4O3S. The molecule has 34 heavy (non-hydrogen) atoms. The highest BCUT2D eigenvalue weighted by Gasteiger charge is 2.20. The van der Waals surface area contributed by atoms with Gasteiger partial charge in [-0.2, -0.15) is 0 Å². The standard InChI is InChI=1S/C26H26N4O3S/c1-4-29(20-13-9-6-10-14-20)24(31)18-34-26-28-27-25(19-11-7-5-8-12-19)30(26)21-15-16-22(32-2)23(17-21)33-3/h5-17H,4,18H2,1-3H3. The van der Waals surface area contributed by atoms with E-state index in [1.165, 1.54) is 11.8 Å². The Kier molecular flexibility index (Phi) is 7.49. The van der Waals surface area contributed by atoms with Gasteiger partial charge in [0.1, 0.15) is 0 Å². The summed E-state index contributed by atoms with van der Waals surface area (Å²) in [5, 5.41) is 9.50. The first-order chi connectivity index (χ1) is 16.7. The Morgan fingerprint density at radius 3 is 2.24 bits per heavy atom. The van der Waals surface area contributed by atoms with Crippen molar-refractivity contribution in [3.63, 3.8) is 0 Å². The number of carbonyl (C=O) groups excluding carboxylic acids is 1. The summed E-state index contributed by atoms with van der Waals surface area (Å²) in [6, 6.07) is 25.1. The number of rotatable bonds is 9. The Morgan fingerprint density at radius 1 is 0.912 bits per heavy atom. The van der Waals surface area contributed by atoms with Crippen LogP contribution in [0.3, 0.4) is 0 Å². The number of hydrogen-bond acceptors (Lipinski definition) is 6. The number of methoxy groups -OCH3 is 2. The first kappa shape index (κ1) is 23.4. The summed E-state index contributed by atoms with van der Waals surface area (Å²) in [6.45, 7) is 2.55. The molecule has 0 bridgehead atoms. The van der Waals surface area contributed by atoms with Gasteiger partial charge in [0.25, 0.3) is 0 Å². The minimum Gasteiger partial charge on any atom is -0.493 e. The second-order valence-electron chi connectivity index (χ2n) is 7.31. The second-order valence-corrected chi connectivity index (χ2v) is 8.25. The minimum atomic E-state index is 0.00169. The molecule has 0 radical (unpaired) electrons. The Bertz CT molecular complexity index is 1250. The van der Waals surface area contributed by atoms with Gasteiger partial charge < -0.3 is 14.4 Å². The van der Waals surface area contributed by atoms with Gasteiger partial charge in [0.2, 0.25) is 5.91 Å². The topological polar surface area (TPSA) is 69.5 Å².